The third-order valence-corrected chi connectivity index (χ3v) is 3.57. The number of carbonyl (C=O) groups is 1. The molecule has 1 aromatic heterocycles. The number of hydrogen-bond acceptors (Lipinski definition) is 4. The fourth-order valence-electron chi connectivity index (χ4n) is 2.61. The van der Waals surface area contributed by atoms with Gasteiger partial charge in [0.05, 0.1) is 17.0 Å². The smallest absolute Gasteiger partial charge is 0.270 e. The Bertz CT molecular complexity index is 829. The Kier molecular flexibility index (Phi) is 2.44. The summed E-state index contributed by atoms with van der Waals surface area (Å²) in [5, 5.41) is 12.8. The maximum atomic E-state index is 11.8. The lowest BCUT2D eigenvalue weighted by Gasteiger charge is -2.19. The highest BCUT2D eigenvalue weighted by Gasteiger charge is 2.33. The molecule has 6 nitrogen and oxygen atoms in total. The zero-order valence-electron chi connectivity index (χ0n) is 11.3. The van der Waals surface area contributed by atoms with Crippen molar-refractivity contribution < 1.29 is 4.79 Å². The van der Waals surface area contributed by atoms with Crippen molar-refractivity contribution >= 4 is 23.6 Å². The summed E-state index contributed by atoms with van der Waals surface area (Å²) in [4.78, 5) is 15.5. The second-order valence-corrected chi connectivity index (χ2v) is 4.89. The van der Waals surface area contributed by atoms with E-state index in [2.05, 4.69) is 20.3 Å². The van der Waals surface area contributed by atoms with Gasteiger partial charge in [0, 0.05) is 6.21 Å². The molecule has 1 amide bonds. The van der Waals surface area contributed by atoms with Crippen LogP contribution in [0.2, 0.25) is 0 Å². The lowest BCUT2D eigenvalue weighted by Crippen LogP contribution is -2.26. The summed E-state index contributed by atoms with van der Waals surface area (Å²) in [6.45, 7) is 1.93. The van der Waals surface area contributed by atoms with Crippen LogP contribution < -0.4 is 0 Å². The van der Waals surface area contributed by atoms with Gasteiger partial charge in [0.15, 0.2) is 11.9 Å². The van der Waals surface area contributed by atoms with Crippen LogP contribution >= 0.6 is 0 Å². The number of aryl methyl sites for hydroxylation is 1. The molecular formula is C15H11N5O. The average molecular weight is 277 g/mol. The van der Waals surface area contributed by atoms with Crippen molar-refractivity contribution in [1.29, 1.82) is 0 Å². The van der Waals surface area contributed by atoms with Gasteiger partial charge in [-0.2, -0.15) is 10.2 Å². The summed E-state index contributed by atoms with van der Waals surface area (Å²) < 4.78 is 1.69. The molecule has 0 N–H and O–H groups in total. The summed E-state index contributed by atoms with van der Waals surface area (Å²) in [6, 6.07) is 9.24. The van der Waals surface area contributed by atoms with Gasteiger partial charge in [-0.25, -0.2) is 9.67 Å². The first-order valence-electron chi connectivity index (χ1n) is 6.60. The summed E-state index contributed by atoms with van der Waals surface area (Å²) in [6.07, 6.45) is 3.24. The molecule has 3 heterocycles. The number of benzene rings is 1. The zero-order valence-corrected chi connectivity index (χ0v) is 11.3. The number of allylic oxidation sites excluding steroid dienone is 1. The Hall–Kier alpha value is -2.89. The summed E-state index contributed by atoms with van der Waals surface area (Å²) in [5.74, 6) is 0.348. The molecule has 1 atom stereocenters. The van der Waals surface area contributed by atoms with Crippen LogP contribution in [0.15, 0.2) is 51.6 Å². The molecule has 1 aromatic carbocycles. The van der Waals surface area contributed by atoms with Crippen LogP contribution in [0, 0.1) is 6.92 Å². The van der Waals surface area contributed by atoms with Crippen LogP contribution in [0.25, 0.3) is 16.8 Å². The van der Waals surface area contributed by atoms with Crippen molar-refractivity contribution in [3.63, 3.8) is 0 Å². The normalized spacial score (nSPS) is 19.2. The van der Waals surface area contributed by atoms with Gasteiger partial charge >= 0.3 is 0 Å². The predicted octanol–water partition coefficient (Wildman–Crippen LogP) is 2.78. The van der Waals surface area contributed by atoms with Gasteiger partial charge < -0.3 is 0 Å². The first-order valence-corrected chi connectivity index (χ1v) is 6.60. The zero-order chi connectivity index (χ0) is 14.4. The third-order valence-electron chi connectivity index (χ3n) is 3.57. The lowest BCUT2D eigenvalue weighted by atomic mass is 10.1. The fraction of sp³-hybridized carbons (Fsp3) is 0.133. The van der Waals surface area contributed by atoms with Gasteiger partial charge in [-0.15, -0.1) is 5.11 Å². The molecular weight excluding hydrogens is 266 g/mol. The maximum absolute atomic E-state index is 11.8. The number of carbonyl (C=O) groups excluding carboxylic acids is 1. The number of rotatable bonds is 1. The molecule has 0 spiro atoms. The molecule has 102 valence electrons. The topological polar surface area (TPSA) is 72.0 Å². The van der Waals surface area contributed by atoms with Crippen molar-refractivity contribution in [1.82, 2.24) is 9.78 Å². The molecule has 0 bridgehead atoms. The van der Waals surface area contributed by atoms with Crippen molar-refractivity contribution in [2.24, 2.45) is 15.2 Å². The van der Waals surface area contributed by atoms with Gasteiger partial charge in [-0.05, 0) is 18.6 Å². The lowest BCUT2D eigenvalue weighted by molar-refractivity contribution is -0.118. The molecule has 2 aliphatic rings. The molecule has 1 unspecified atom stereocenters. The van der Waals surface area contributed by atoms with Gasteiger partial charge in [-0.1, -0.05) is 30.3 Å². The van der Waals surface area contributed by atoms with E-state index in [1.165, 1.54) is 6.21 Å². The third kappa shape index (κ3) is 1.69. The summed E-state index contributed by atoms with van der Waals surface area (Å²) >= 11 is 0. The van der Waals surface area contributed by atoms with Crippen LogP contribution in [0.5, 0.6) is 0 Å². The van der Waals surface area contributed by atoms with Crippen LogP contribution in [-0.4, -0.2) is 27.9 Å². The standard InChI is InChI=1S/C15H11N5O/c1-9-12(10-5-3-2-4-6-10)14-18-17-13-11(20(14)19-9)7-8-16-15(13)21/h2-8,13H,1H3. The molecule has 0 saturated carbocycles. The highest BCUT2D eigenvalue weighted by Crippen LogP contribution is 2.39. The van der Waals surface area contributed by atoms with Crippen LogP contribution in [0.3, 0.4) is 0 Å². The second kappa shape index (κ2) is 4.31. The number of hydrogen-bond donors (Lipinski definition) is 0. The number of azo groups is 1. The molecule has 0 aliphatic carbocycles. The second-order valence-electron chi connectivity index (χ2n) is 4.89. The van der Waals surface area contributed by atoms with E-state index in [0.29, 0.717) is 11.5 Å². The minimum absolute atomic E-state index is 0.309. The van der Waals surface area contributed by atoms with E-state index in [9.17, 15) is 4.79 Å². The SMILES string of the molecule is Cc1nn2c(c1-c1ccccc1)N=NC1C(=O)N=CC=C12. The molecule has 0 saturated heterocycles. The molecule has 2 aromatic rings. The first-order chi connectivity index (χ1) is 10.3. The van der Waals surface area contributed by atoms with E-state index < -0.39 is 6.04 Å². The number of amides is 1. The van der Waals surface area contributed by atoms with Crippen LogP contribution in [0.1, 0.15) is 5.69 Å². The predicted molar refractivity (Wildman–Crippen MR) is 78.5 cm³/mol. The summed E-state index contributed by atoms with van der Waals surface area (Å²) in [7, 11) is 0. The van der Waals surface area contributed by atoms with Crippen molar-refractivity contribution in [3.8, 4) is 11.1 Å². The Labute approximate surface area is 120 Å². The first kappa shape index (κ1) is 11.9. The fourth-order valence-corrected chi connectivity index (χ4v) is 2.61. The van der Waals surface area contributed by atoms with Crippen molar-refractivity contribution in [3.05, 3.63) is 42.1 Å². The van der Waals surface area contributed by atoms with E-state index >= 15 is 0 Å². The molecule has 2 aliphatic heterocycles. The minimum atomic E-state index is -0.676. The molecule has 0 radical (unpaired) electrons. The average Bonchev–Trinajstić information content (AvgIpc) is 2.85. The molecule has 4 rings (SSSR count). The van der Waals surface area contributed by atoms with Crippen LogP contribution in [0.4, 0.5) is 5.82 Å². The highest BCUT2D eigenvalue weighted by molar-refractivity contribution is 6.05. The molecule has 21 heavy (non-hydrogen) atoms. The Morgan fingerprint density at radius 3 is 2.81 bits per heavy atom. The monoisotopic (exact) mass is 277 g/mol. The van der Waals surface area contributed by atoms with Gasteiger partial charge in [0.25, 0.3) is 5.91 Å². The van der Waals surface area contributed by atoms with Gasteiger partial charge in [0.2, 0.25) is 0 Å². The van der Waals surface area contributed by atoms with E-state index in [4.69, 9.17) is 0 Å². The van der Waals surface area contributed by atoms with E-state index in [1.54, 1.807) is 10.8 Å². The van der Waals surface area contributed by atoms with E-state index in [0.717, 1.165) is 16.8 Å². The van der Waals surface area contributed by atoms with E-state index in [1.807, 2.05) is 37.3 Å². The Morgan fingerprint density at radius 2 is 2.00 bits per heavy atom. The largest absolute Gasteiger partial charge is 0.278 e. The molecule has 0 fully saturated rings. The number of aromatic nitrogens is 2. The van der Waals surface area contributed by atoms with Crippen molar-refractivity contribution in [2.45, 2.75) is 13.0 Å². The Balaban J connectivity index is 1.94. The number of aliphatic imine (C=N–C) groups is 1. The van der Waals surface area contributed by atoms with Gasteiger partial charge in [0.1, 0.15) is 0 Å². The quantitative estimate of drug-likeness (QED) is 0.804. The summed E-state index contributed by atoms with van der Waals surface area (Å²) in [5.41, 5.74) is 3.52. The number of nitrogens with zero attached hydrogens (tertiary/aromatic N) is 5. The van der Waals surface area contributed by atoms with Crippen LogP contribution in [-0.2, 0) is 4.79 Å². The van der Waals surface area contributed by atoms with Crippen molar-refractivity contribution in [2.75, 3.05) is 0 Å². The Morgan fingerprint density at radius 1 is 1.19 bits per heavy atom. The number of dihydropyridines is 1. The highest BCUT2D eigenvalue weighted by atomic mass is 16.1. The van der Waals surface area contributed by atoms with E-state index in [-0.39, 0.29) is 5.91 Å². The van der Waals surface area contributed by atoms with Gasteiger partial charge in [-0.3, -0.25) is 4.79 Å². The minimum Gasteiger partial charge on any atom is -0.270 e. The molecule has 6 heteroatoms. The number of fused-ring (bicyclic) bond motifs is 3. The maximum Gasteiger partial charge on any atom is 0.278 e.